The van der Waals surface area contributed by atoms with Crippen LogP contribution in [0.1, 0.15) is 11.6 Å². The van der Waals surface area contributed by atoms with Gasteiger partial charge in [-0.3, -0.25) is 4.90 Å². The van der Waals surface area contributed by atoms with Gasteiger partial charge in [-0.15, -0.1) is 12.4 Å². The molecule has 0 radical (unpaired) electrons. The van der Waals surface area contributed by atoms with E-state index in [4.69, 9.17) is 14.2 Å². The van der Waals surface area contributed by atoms with Gasteiger partial charge in [-0.05, 0) is 17.7 Å². The van der Waals surface area contributed by atoms with Gasteiger partial charge in [-0.25, -0.2) is 0 Å². The van der Waals surface area contributed by atoms with Crippen molar-refractivity contribution in [3.05, 3.63) is 17.7 Å². The zero-order valence-corrected chi connectivity index (χ0v) is 14.1. The zero-order chi connectivity index (χ0) is 15.2. The fourth-order valence-corrected chi connectivity index (χ4v) is 2.72. The second-order valence-corrected chi connectivity index (χ2v) is 4.94. The van der Waals surface area contributed by atoms with Crippen LogP contribution in [0.15, 0.2) is 12.1 Å². The summed E-state index contributed by atoms with van der Waals surface area (Å²) in [7, 11) is 4.78. The van der Waals surface area contributed by atoms with Gasteiger partial charge in [0.25, 0.3) is 0 Å². The number of hydrogen-bond donors (Lipinski definition) is 2. The molecule has 1 fully saturated rings. The van der Waals surface area contributed by atoms with E-state index >= 15 is 0 Å². The number of aliphatic hydroxyl groups excluding tert-OH is 1. The maximum Gasteiger partial charge on any atom is 0.203 e. The van der Waals surface area contributed by atoms with Gasteiger partial charge in [0, 0.05) is 26.2 Å². The first-order chi connectivity index (χ1) is 10.2. The monoisotopic (exact) mass is 332 g/mol. The number of nitrogens with one attached hydrogen (secondary N) is 1. The third-order valence-electron chi connectivity index (χ3n) is 3.84. The molecule has 0 unspecified atom stereocenters. The highest BCUT2D eigenvalue weighted by atomic mass is 35.5. The zero-order valence-electron chi connectivity index (χ0n) is 13.3. The third-order valence-corrected chi connectivity index (χ3v) is 3.84. The van der Waals surface area contributed by atoms with Crippen LogP contribution in [0, 0.1) is 0 Å². The average molecular weight is 333 g/mol. The van der Waals surface area contributed by atoms with E-state index in [-0.39, 0.29) is 25.1 Å². The Morgan fingerprint density at radius 2 is 1.64 bits per heavy atom. The smallest absolute Gasteiger partial charge is 0.203 e. The van der Waals surface area contributed by atoms with Gasteiger partial charge in [-0.2, -0.15) is 0 Å². The van der Waals surface area contributed by atoms with Crippen molar-refractivity contribution in [3.8, 4) is 17.2 Å². The number of piperazine rings is 1. The summed E-state index contributed by atoms with van der Waals surface area (Å²) in [5.41, 5.74) is 0.967. The second-order valence-electron chi connectivity index (χ2n) is 4.94. The van der Waals surface area contributed by atoms with E-state index < -0.39 is 0 Å². The summed E-state index contributed by atoms with van der Waals surface area (Å²) in [4.78, 5) is 2.26. The molecule has 2 rings (SSSR count). The van der Waals surface area contributed by atoms with Crippen LogP contribution in [0.3, 0.4) is 0 Å². The van der Waals surface area contributed by atoms with Gasteiger partial charge in [0.1, 0.15) is 0 Å². The Morgan fingerprint density at radius 1 is 1.09 bits per heavy atom. The lowest BCUT2D eigenvalue weighted by Crippen LogP contribution is -2.46. The molecule has 0 aliphatic carbocycles. The normalized spacial score (nSPS) is 16.5. The molecular formula is C15H25ClN2O4. The maximum absolute atomic E-state index is 9.81. The predicted octanol–water partition coefficient (Wildman–Crippen LogP) is 1.07. The first-order valence-electron chi connectivity index (χ1n) is 7.10. The Balaban J connectivity index is 0.00000242. The summed E-state index contributed by atoms with van der Waals surface area (Å²) < 4.78 is 16.1. The van der Waals surface area contributed by atoms with Crippen molar-refractivity contribution < 1.29 is 19.3 Å². The molecule has 0 spiro atoms. The predicted molar refractivity (Wildman–Crippen MR) is 87.6 cm³/mol. The molecule has 0 amide bonds. The largest absolute Gasteiger partial charge is 0.493 e. The van der Waals surface area contributed by atoms with E-state index in [0.717, 1.165) is 31.7 Å². The highest BCUT2D eigenvalue weighted by Crippen LogP contribution is 2.40. The lowest BCUT2D eigenvalue weighted by atomic mass is 10.0. The molecule has 1 aromatic rings. The first-order valence-corrected chi connectivity index (χ1v) is 7.10. The van der Waals surface area contributed by atoms with Crippen molar-refractivity contribution in [2.75, 3.05) is 54.1 Å². The summed E-state index contributed by atoms with van der Waals surface area (Å²) in [6.45, 7) is 3.73. The molecule has 1 aromatic carbocycles. The van der Waals surface area contributed by atoms with Crippen LogP contribution in [-0.2, 0) is 0 Å². The Bertz CT molecular complexity index is 442. The molecule has 1 aliphatic heterocycles. The summed E-state index contributed by atoms with van der Waals surface area (Å²) in [5.74, 6) is 1.79. The molecule has 7 heteroatoms. The van der Waals surface area contributed by atoms with Gasteiger partial charge in [0.2, 0.25) is 5.75 Å². The lowest BCUT2D eigenvalue weighted by Gasteiger charge is -2.34. The highest BCUT2D eigenvalue weighted by Gasteiger charge is 2.24. The molecule has 1 atom stereocenters. The molecule has 1 aliphatic rings. The van der Waals surface area contributed by atoms with Gasteiger partial charge < -0.3 is 24.6 Å². The van der Waals surface area contributed by atoms with Gasteiger partial charge in [0.15, 0.2) is 11.5 Å². The average Bonchev–Trinajstić information content (AvgIpc) is 2.55. The van der Waals surface area contributed by atoms with Crippen LogP contribution in [0.25, 0.3) is 0 Å². The number of ether oxygens (including phenoxy) is 3. The third kappa shape index (κ3) is 3.95. The van der Waals surface area contributed by atoms with Crippen molar-refractivity contribution >= 4 is 12.4 Å². The van der Waals surface area contributed by atoms with Crippen LogP contribution in [0.4, 0.5) is 0 Å². The van der Waals surface area contributed by atoms with Crippen molar-refractivity contribution in [2.24, 2.45) is 0 Å². The minimum Gasteiger partial charge on any atom is -0.493 e. The molecule has 1 heterocycles. The molecule has 0 saturated carbocycles. The van der Waals surface area contributed by atoms with E-state index in [1.54, 1.807) is 21.3 Å². The fraction of sp³-hybridized carbons (Fsp3) is 0.600. The molecule has 126 valence electrons. The van der Waals surface area contributed by atoms with Crippen molar-refractivity contribution in [1.29, 1.82) is 0 Å². The second kappa shape index (κ2) is 9.05. The van der Waals surface area contributed by atoms with Crippen LogP contribution < -0.4 is 19.5 Å². The van der Waals surface area contributed by atoms with E-state index in [9.17, 15) is 5.11 Å². The quantitative estimate of drug-likeness (QED) is 0.812. The van der Waals surface area contributed by atoms with E-state index in [2.05, 4.69) is 10.2 Å². The van der Waals surface area contributed by atoms with Crippen molar-refractivity contribution in [3.63, 3.8) is 0 Å². The summed E-state index contributed by atoms with van der Waals surface area (Å²) in [6, 6.07) is 3.75. The summed E-state index contributed by atoms with van der Waals surface area (Å²) in [5, 5.41) is 13.1. The SMILES string of the molecule is COc1cc([C@H](CO)N2CCNCC2)cc(OC)c1OC.Cl. The van der Waals surface area contributed by atoms with E-state index in [1.807, 2.05) is 12.1 Å². The van der Waals surface area contributed by atoms with Crippen LogP contribution >= 0.6 is 12.4 Å². The van der Waals surface area contributed by atoms with Crippen LogP contribution in [0.5, 0.6) is 17.2 Å². The summed E-state index contributed by atoms with van der Waals surface area (Å²) in [6.07, 6.45) is 0. The fourth-order valence-electron chi connectivity index (χ4n) is 2.72. The van der Waals surface area contributed by atoms with Gasteiger partial charge >= 0.3 is 0 Å². The molecular weight excluding hydrogens is 308 g/mol. The van der Waals surface area contributed by atoms with E-state index in [1.165, 1.54) is 0 Å². The molecule has 0 aromatic heterocycles. The van der Waals surface area contributed by atoms with E-state index in [0.29, 0.717) is 17.2 Å². The van der Waals surface area contributed by atoms with Gasteiger partial charge in [0.05, 0.1) is 34.0 Å². The number of benzene rings is 1. The minimum atomic E-state index is -0.0687. The number of hydrogen-bond acceptors (Lipinski definition) is 6. The van der Waals surface area contributed by atoms with Crippen LogP contribution in [0.2, 0.25) is 0 Å². The minimum absolute atomic E-state index is 0. The molecule has 6 nitrogen and oxygen atoms in total. The Labute approximate surface area is 137 Å². The first kappa shape index (κ1) is 18.8. The Morgan fingerprint density at radius 3 is 2.05 bits per heavy atom. The van der Waals surface area contributed by atoms with Crippen molar-refractivity contribution in [1.82, 2.24) is 10.2 Å². The number of nitrogens with zero attached hydrogens (tertiary/aromatic N) is 1. The summed E-state index contributed by atoms with van der Waals surface area (Å²) >= 11 is 0. The maximum atomic E-state index is 9.81. The molecule has 0 bridgehead atoms. The molecule has 2 N–H and O–H groups in total. The number of aliphatic hydroxyl groups is 1. The van der Waals surface area contributed by atoms with Gasteiger partial charge in [-0.1, -0.05) is 0 Å². The standard InChI is InChI=1S/C15H24N2O4.ClH/c1-19-13-8-11(9-14(20-2)15(13)21-3)12(10-18)17-6-4-16-5-7-17;/h8-9,12,16,18H,4-7,10H2,1-3H3;1H/t12-;/m0./s1. The highest BCUT2D eigenvalue weighted by molar-refractivity contribution is 5.85. The number of halogens is 1. The lowest BCUT2D eigenvalue weighted by molar-refractivity contribution is 0.110. The topological polar surface area (TPSA) is 63.2 Å². The number of rotatable bonds is 6. The Kier molecular flexibility index (Phi) is 7.75. The molecule has 1 saturated heterocycles. The number of methoxy groups -OCH3 is 3. The van der Waals surface area contributed by atoms with Crippen LogP contribution in [-0.4, -0.2) is 64.1 Å². The molecule has 22 heavy (non-hydrogen) atoms. The Hall–Kier alpha value is -1.21. The van der Waals surface area contributed by atoms with Crippen molar-refractivity contribution in [2.45, 2.75) is 6.04 Å².